The van der Waals surface area contributed by atoms with Crippen molar-refractivity contribution in [3.8, 4) is 5.75 Å². The number of aromatic hydroxyl groups is 1. The molecule has 0 radical (unpaired) electrons. The lowest BCUT2D eigenvalue weighted by molar-refractivity contribution is -0.142. The van der Waals surface area contributed by atoms with Crippen LogP contribution in [-0.2, 0) is 22.4 Å². The second-order valence-electron chi connectivity index (χ2n) is 4.17. The number of esters is 1. The summed E-state index contributed by atoms with van der Waals surface area (Å²) in [6, 6.07) is 6.54. The van der Waals surface area contributed by atoms with Gasteiger partial charge in [-0.3, -0.25) is 4.79 Å². The van der Waals surface area contributed by atoms with Crippen molar-refractivity contribution in [2.45, 2.75) is 19.8 Å². The summed E-state index contributed by atoms with van der Waals surface area (Å²) < 4.78 is 5.18. The second-order valence-corrected chi connectivity index (χ2v) is 5.11. The molecule has 5 heteroatoms. The zero-order valence-corrected chi connectivity index (χ0v) is 11.4. The standard InChI is InChI=1S/C14H15NO3S/c1-10-13(19-9-15-10)6-7-18-14(17)8-11-2-4-12(16)5-3-11/h2-5,9,16H,6-8H2,1H3. The molecule has 1 N–H and O–H groups in total. The molecule has 0 aliphatic heterocycles. The van der Waals surface area contributed by atoms with Gasteiger partial charge in [-0.15, -0.1) is 11.3 Å². The maximum atomic E-state index is 11.6. The number of aryl methyl sites for hydroxylation is 1. The van der Waals surface area contributed by atoms with Crippen molar-refractivity contribution in [1.29, 1.82) is 0 Å². The number of hydrogen-bond donors (Lipinski definition) is 1. The van der Waals surface area contributed by atoms with Crippen molar-refractivity contribution < 1.29 is 14.6 Å². The molecule has 4 nitrogen and oxygen atoms in total. The van der Waals surface area contributed by atoms with Crippen LogP contribution < -0.4 is 0 Å². The largest absolute Gasteiger partial charge is 0.508 e. The average Bonchev–Trinajstić information content (AvgIpc) is 2.78. The number of thiazole rings is 1. The van der Waals surface area contributed by atoms with Gasteiger partial charge in [-0.1, -0.05) is 12.1 Å². The van der Waals surface area contributed by atoms with Gasteiger partial charge in [0.2, 0.25) is 0 Å². The predicted octanol–water partition coefficient (Wildman–Crippen LogP) is 2.49. The number of carbonyl (C=O) groups is 1. The van der Waals surface area contributed by atoms with E-state index in [-0.39, 0.29) is 18.1 Å². The molecular formula is C14H15NO3S. The Labute approximate surface area is 115 Å². The molecule has 1 aromatic carbocycles. The van der Waals surface area contributed by atoms with Crippen molar-refractivity contribution in [3.05, 3.63) is 45.9 Å². The fourth-order valence-electron chi connectivity index (χ4n) is 1.66. The minimum absolute atomic E-state index is 0.192. The summed E-state index contributed by atoms with van der Waals surface area (Å²) >= 11 is 1.58. The van der Waals surface area contributed by atoms with E-state index in [9.17, 15) is 4.79 Å². The lowest BCUT2D eigenvalue weighted by Gasteiger charge is -2.04. The summed E-state index contributed by atoms with van der Waals surface area (Å²) in [5.41, 5.74) is 3.62. The first-order valence-electron chi connectivity index (χ1n) is 5.97. The molecule has 1 heterocycles. The minimum atomic E-state index is -0.257. The molecule has 0 aliphatic carbocycles. The highest BCUT2D eigenvalue weighted by Crippen LogP contribution is 2.13. The lowest BCUT2D eigenvalue weighted by atomic mass is 10.1. The van der Waals surface area contributed by atoms with Gasteiger partial charge < -0.3 is 9.84 Å². The molecular weight excluding hydrogens is 262 g/mol. The van der Waals surface area contributed by atoms with Crippen LogP contribution >= 0.6 is 11.3 Å². The molecule has 0 fully saturated rings. The van der Waals surface area contributed by atoms with Gasteiger partial charge in [-0.05, 0) is 24.6 Å². The van der Waals surface area contributed by atoms with E-state index in [4.69, 9.17) is 9.84 Å². The molecule has 2 rings (SSSR count). The zero-order valence-electron chi connectivity index (χ0n) is 10.6. The summed E-state index contributed by atoms with van der Waals surface area (Å²) in [6.07, 6.45) is 0.930. The molecule has 1 aromatic heterocycles. The van der Waals surface area contributed by atoms with E-state index in [0.29, 0.717) is 13.0 Å². The van der Waals surface area contributed by atoms with Crippen molar-refractivity contribution in [1.82, 2.24) is 4.98 Å². The summed E-state index contributed by atoms with van der Waals surface area (Å²) in [5.74, 6) is -0.0642. The van der Waals surface area contributed by atoms with Gasteiger partial charge in [-0.25, -0.2) is 4.98 Å². The monoisotopic (exact) mass is 277 g/mol. The third-order valence-corrected chi connectivity index (χ3v) is 3.72. The molecule has 0 atom stereocenters. The quantitative estimate of drug-likeness (QED) is 0.853. The smallest absolute Gasteiger partial charge is 0.310 e. The number of rotatable bonds is 5. The molecule has 0 spiro atoms. The fraction of sp³-hybridized carbons (Fsp3) is 0.286. The van der Waals surface area contributed by atoms with Gasteiger partial charge >= 0.3 is 5.97 Å². The molecule has 0 amide bonds. The number of phenolic OH excluding ortho intramolecular Hbond substituents is 1. The zero-order chi connectivity index (χ0) is 13.7. The molecule has 0 saturated carbocycles. The summed E-state index contributed by atoms with van der Waals surface area (Å²) in [6.45, 7) is 2.32. The van der Waals surface area contributed by atoms with Gasteiger partial charge in [0.05, 0.1) is 24.2 Å². The third kappa shape index (κ3) is 4.06. The van der Waals surface area contributed by atoms with Gasteiger partial charge in [-0.2, -0.15) is 0 Å². The summed E-state index contributed by atoms with van der Waals surface area (Å²) in [5, 5.41) is 9.14. The summed E-state index contributed by atoms with van der Waals surface area (Å²) in [7, 11) is 0. The third-order valence-electron chi connectivity index (χ3n) is 2.72. The number of benzene rings is 1. The Morgan fingerprint density at radius 2 is 2.11 bits per heavy atom. The van der Waals surface area contributed by atoms with Crippen LogP contribution in [0.2, 0.25) is 0 Å². The molecule has 0 bridgehead atoms. The van der Waals surface area contributed by atoms with E-state index in [2.05, 4.69) is 4.98 Å². The van der Waals surface area contributed by atoms with Crippen LogP contribution in [0, 0.1) is 6.92 Å². The Kier molecular flexibility index (Phi) is 4.52. The maximum absolute atomic E-state index is 11.6. The maximum Gasteiger partial charge on any atom is 0.310 e. The molecule has 19 heavy (non-hydrogen) atoms. The number of nitrogens with zero attached hydrogens (tertiary/aromatic N) is 1. The average molecular weight is 277 g/mol. The van der Waals surface area contributed by atoms with Gasteiger partial charge in [0.25, 0.3) is 0 Å². The highest BCUT2D eigenvalue weighted by molar-refractivity contribution is 7.09. The van der Waals surface area contributed by atoms with Crippen LogP contribution in [0.5, 0.6) is 5.75 Å². The van der Waals surface area contributed by atoms with Crippen molar-refractivity contribution >= 4 is 17.3 Å². The Balaban J connectivity index is 1.76. The van der Waals surface area contributed by atoms with Crippen LogP contribution in [-0.4, -0.2) is 22.7 Å². The van der Waals surface area contributed by atoms with Crippen molar-refractivity contribution in [2.75, 3.05) is 6.61 Å². The van der Waals surface area contributed by atoms with Crippen molar-refractivity contribution in [2.24, 2.45) is 0 Å². The van der Waals surface area contributed by atoms with Gasteiger partial charge in [0.15, 0.2) is 0 Å². The Morgan fingerprint density at radius 3 is 2.74 bits per heavy atom. The Morgan fingerprint density at radius 1 is 1.37 bits per heavy atom. The van der Waals surface area contributed by atoms with E-state index >= 15 is 0 Å². The molecule has 2 aromatic rings. The van der Waals surface area contributed by atoms with E-state index < -0.39 is 0 Å². The number of ether oxygens (including phenoxy) is 1. The first kappa shape index (κ1) is 13.5. The Hall–Kier alpha value is -1.88. The SMILES string of the molecule is Cc1ncsc1CCOC(=O)Cc1ccc(O)cc1. The van der Waals surface area contributed by atoms with Crippen LogP contribution in [0.1, 0.15) is 16.1 Å². The first-order valence-corrected chi connectivity index (χ1v) is 6.85. The van der Waals surface area contributed by atoms with Crippen LogP contribution in [0.4, 0.5) is 0 Å². The summed E-state index contributed by atoms with van der Waals surface area (Å²) in [4.78, 5) is 16.9. The molecule has 0 unspecified atom stereocenters. The Bertz CT molecular complexity index is 548. The number of carbonyl (C=O) groups excluding carboxylic acids is 1. The minimum Gasteiger partial charge on any atom is -0.508 e. The first-order chi connectivity index (χ1) is 9.15. The topological polar surface area (TPSA) is 59.4 Å². The number of phenols is 1. The van der Waals surface area contributed by atoms with Crippen LogP contribution in [0.15, 0.2) is 29.8 Å². The lowest BCUT2D eigenvalue weighted by Crippen LogP contribution is -2.10. The molecule has 0 aliphatic rings. The van der Waals surface area contributed by atoms with E-state index in [1.54, 1.807) is 41.1 Å². The normalized spacial score (nSPS) is 10.4. The highest BCUT2D eigenvalue weighted by Gasteiger charge is 2.06. The highest BCUT2D eigenvalue weighted by atomic mass is 32.1. The number of aromatic nitrogens is 1. The van der Waals surface area contributed by atoms with Gasteiger partial charge in [0.1, 0.15) is 5.75 Å². The number of hydrogen-bond acceptors (Lipinski definition) is 5. The van der Waals surface area contributed by atoms with E-state index in [0.717, 1.165) is 16.1 Å². The van der Waals surface area contributed by atoms with Gasteiger partial charge in [0, 0.05) is 11.3 Å². The van der Waals surface area contributed by atoms with E-state index in [1.165, 1.54) is 0 Å². The van der Waals surface area contributed by atoms with Crippen LogP contribution in [0.25, 0.3) is 0 Å². The molecule has 0 saturated heterocycles. The van der Waals surface area contributed by atoms with Crippen LogP contribution in [0.3, 0.4) is 0 Å². The fourth-order valence-corrected chi connectivity index (χ4v) is 2.42. The van der Waals surface area contributed by atoms with Crippen molar-refractivity contribution in [3.63, 3.8) is 0 Å². The predicted molar refractivity (Wildman–Crippen MR) is 73.3 cm³/mol. The molecule has 100 valence electrons. The van der Waals surface area contributed by atoms with E-state index in [1.807, 2.05) is 6.92 Å². The second kappa shape index (κ2) is 6.33.